The second-order valence-electron chi connectivity index (χ2n) is 8.28. The zero-order valence-corrected chi connectivity index (χ0v) is 15.5. The SMILES string of the molecule is C/C1=C\CC[C@@](C)(O)/C=C/[C@H](C(C)C)CC[C@](C)(CO)[C@H](O)C1. The molecule has 23 heavy (non-hydrogen) atoms. The molecule has 0 aromatic rings. The highest BCUT2D eigenvalue weighted by Gasteiger charge is 2.33. The molecule has 3 nitrogen and oxygen atoms in total. The Morgan fingerprint density at radius 3 is 2.48 bits per heavy atom. The summed E-state index contributed by atoms with van der Waals surface area (Å²) < 4.78 is 0. The van der Waals surface area contributed by atoms with E-state index in [2.05, 4.69) is 26.0 Å². The zero-order valence-electron chi connectivity index (χ0n) is 15.5. The van der Waals surface area contributed by atoms with Crippen LogP contribution in [0.3, 0.4) is 0 Å². The summed E-state index contributed by atoms with van der Waals surface area (Å²) in [5.74, 6) is 0.807. The van der Waals surface area contributed by atoms with E-state index in [9.17, 15) is 15.3 Å². The Balaban J connectivity index is 3.06. The van der Waals surface area contributed by atoms with Gasteiger partial charge >= 0.3 is 0 Å². The average molecular weight is 325 g/mol. The molecule has 3 heteroatoms. The highest BCUT2D eigenvalue weighted by Crippen LogP contribution is 2.35. The third-order valence-electron chi connectivity index (χ3n) is 5.43. The molecule has 0 saturated carbocycles. The lowest BCUT2D eigenvalue weighted by molar-refractivity contribution is -0.0141. The van der Waals surface area contributed by atoms with Gasteiger partial charge in [0.15, 0.2) is 0 Å². The van der Waals surface area contributed by atoms with Crippen LogP contribution >= 0.6 is 0 Å². The quantitative estimate of drug-likeness (QED) is 0.676. The number of rotatable bonds is 2. The fourth-order valence-corrected chi connectivity index (χ4v) is 3.16. The Bertz CT molecular complexity index is 423. The molecular weight excluding hydrogens is 288 g/mol. The first-order chi connectivity index (χ1) is 10.6. The van der Waals surface area contributed by atoms with Crippen molar-refractivity contribution >= 4 is 0 Å². The molecule has 4 atom stereocenters. The van der Waals surface area contributed by atoms with Crippen molar-refractivity contribution in [1.29, 1.82) is 0 Å². The minimum absolute atomic E-state index is 0.00626. The van der Waals surface area contributed by atoms with Gasteiger partial charge in [-0.25, -0.2) is 0 Å². The second-order valence-corrected chi connectivity index (χ2v) is 8.28. The number of aliphatic hydroxyl groups is 3. The van der Waals surface area contributed by atoms with Crippen molar-refractivity contribution in [3.05, 3.63) is 23.8 Å². The highest BCUT2D eigenvalue weighted by atomic mass is 16.3. The summed E-state index contributed by atoms with van der Waals surface area (Å²) in [6, 6.07) is 0. The van der Waals surface area contributed by atoms with E-state index < -0.39 is 17.1 Å². The standard InChI is InChI=1S/C20H36O3/c1-15(2)17-8-11-19(4,14-21)18(22)13-16(3)7-6-10-20(5,23)12-9-17/h7,9,12,15,17-18,21-23H,6,8,10-11,13-14H2,1-5H3/b12-9+,16-7+/t17-,18-,19-,20-/m1/s1. The first-order valence-corrected chi connectivity index (χ1v) is 8.96. The molecule has 0 aromatic heterocycles. The topological polar surface area (TPSA) is 60.7 Å². The smallest absolute Gasteiger partial charge is 0.0802 e. The van der Waals surface area contributed by atoms with Crippen LogP contribution in [0.15, 0.2) is 23.8 Å². The van der Waals surface area contributed by atoms with Crippen molar-refractivity contribution in [1.82, 2.24) is 0 Å². The van der Waals surface area contributed by atoms with E-state index in [4.69, 9.17) is 0 Å². The number of hydrogen-bond acceptors (Lipinski definition) is 3. The third-order valence-corrected chi connectivity index (χ3v) is 5.43. The van der Waals surface area contributed by atoms with Crippen molar-refractivity contribution in [2.45, 2.75) is 78.4 Å². The number of aliphatic hydroxyl groups excluding tert-OH is 2. The molecule has 1 rings (SSSR count). The molecule has 1 aliphatic carbocycles. The Morgan fingerprint density at radius 2 is 1.91 bits per heavy atom. The maximum absolute atomic E-state index is 10.6. The van der Waals surface area contributed by atoms with Gasteiger partial charge in [-0.1, -0.05) is 44.6 Å². The lowest BCUT2D eigenvalue weighted by atomic mass is 9.75. The molecule has 0 saturated heterocycles. The first kappa shape index (κ1) is 20.4. The van der Waals surface area contributed by atoms with Crippen LogP contribution in [0, 0.1) is 17.3 Å². The Hall–Kier alpha value is -0.640. The maximum atomic E-state index is 10.6. The molecule has 0 amide bonds. The molecule has 134 valence electrons. The molecule has 3 N–H and O–H groups in total. The average Bonchev–Trinajstić information content (AvgIpc) is 2.45. The fraction of sp³-hybridized carbons (Fsp3) is 0.800. The summed E-state index contributed by atoms with van der Waals surface area (Å²) in [7, 11) is 0. The summed E-state index contributed by atoms with van der Waals surface area (Å²) in [6.07, 6.45) is 9.35. The minimum Gasteiger partial charge on any atom is -0.396 e. The Morgan fingerprint density at radius 1 is 1.26 bits per heavy atom. The van der Waals surface area contributed by atoms with Crippen LogP contribution in [-0.4, -0.2) is 33.6 Å². The first-order valence-electron chi connectivity index (χ1n) is 8.96. The van der Waals surface area contributed by atoms with E-state index in [1.807, 2.05) is 26.8 Å². The summed E-state index contributed by atoms with van der Waals surface area (Å²) in [5, 5.41) is 31.0. The molecular formula is C20H36O3. The van der Waals surface area contributed by atoms with E-state index in [0.717, 1.165) is 24.8 Å². The molecule has 0 radical (unpaired) electrons. The van der Waals surface area contributed by atoms with Crippen LogP contribution in [0.25, 0.3) is 0 Å². The van der Waals surface area contributed by atoms with Crippen LogP contribution < -0.4 is 0 Å². The van der Waals surface area contributed by atoms with E-state index in [1.54, 1.807) is 0 Å². The summed E-state index contributed by atoms with van der Waals surface area (Å²) >= 11 is 0. The minimum atomic E-state index is -0.795. The largest absolute Gasteiger partial charge is 0.396 e. The monoisotopic (exact) mass is 324 g/mol. The van der Waals surface area contributed by atoms with Crippen molar-refractivity contribution in [2.24, 2.45) is 17.3 Å². The van der Waals surface area contributed by atoms with Gasteiger partial charge in [-0.3, -0.25) is 0 Å². The van der Waals surface area contributed by atoms with Crippen LogP contribution in [0.5, 0.6) is 0 Å². The van der Waals surface area contributed by atoms with Crippen LogP contribution in [0.1, 0.15) is 66.7 Å². The fourth-order valence-electron chi connectivity index (χ4n) is 3.16. The number of hydrogen-bond donors (Lipinski definition) is 3. The normalized spacial score (nSPS) is 41.3. The Labute approximate surface area is 142 Å². The second kappa shape index (κ2) is 8.46. The summed E-state index contributed by atoms with van der Waals surface area (Å²) in [5.41, 5.74) is -0.152. The van der Waals surface area contributed by atoms with Gasteiger partial charge in [0.25, 0.3) is 0 Å². The lowest BCUT2D eigenvalue weighted by Crippen LogP contribution is -2.36. The van der Waals surface area contributed by atoms with E-state index in [0.29, 0.717) is 24.7 Å². The third kappa shape index (κ3) is 6.40. The van der Waals surface area contributed by atoms with E-state index in [-0.39, 0.29) is 6.61 Å². The molecule has 0 aromatic carbocycles. The number of allylic oxidation sites excluding steroid dienone is 2. The molecule has 0 aliphatic heterocycles. The zero-order chi connectivity index (χ0) is 17.7. The van der Waals surface area contributed by atoms with Gasteiger partial charge in [-0.2, -0.15) is 0 Å². The van der Waals surface area contributed by atoms with Gasteiger partial charge in [-0.05, 0) is 57.8 Å². The Kier molecular flexibility index (Phi) is 7.50. The summed E-state index contributed by atoms with van der Waals surface area (Å²) in [4.78, 5) is 0. The lowest BCUT2D eigenvalue weighted by Gasteiger charge is -2.34. The molecule has 0 bridgehead atoms. The van der Waals surface area contributed by atoms with Gasteiger partial charge in [0, 0.05) is 5.41 Å². The van der Waals surface area contributed by atoms with Crippen molar-refractivity contribution in [3.63, 3.8) is 0 Å². The predicted octanol–water partition coefficient (Wildman–Crippen LogP) is 3.84. The highest BCUT2D eigenvalue weighted by molar-refractivity contribution is 5.07. The van der Waals surface area contributed by atoms with Crippen molar-refractivity contribution < 1.29 is 15.3 Å². The molecule has 0 fully saturated rings. The predicted molar refractivity (Wildman–Crippen MR) is 96.1 cm³/mol. The molecule has 0 heterocycles. The van der Waals surface area contributed by atoms with E-state index in [1.165, 1.54) is 0 Å². The van der Waals surface area contributed by atoms with Gasteiger partial charge in [-0.15, -0.1) is 0 Å². The van der Waals surface area contributed by atoms with E-state index >= 15 is 0 Å². The molecule has 0 unspecified atom stereocenters. The maximum Gasteiger partial charge on any atom is 0.0802 e. The van der Waals surface area contributed by atoms with Crippen molar-refractivity contribution in [2.75, 3.05) is 6.61 Å². The van der Waals surface area contributed by atoms with Gasteiger partial charge in [0.2, 0.25) is 0 Å². The molecule has 0 spiro atoms. The molecule has 1 aliphatic rings. The summed E-state index contributed by atoms with van der Waals surface area (Å²) in [6.45, 7) is 10.2. The van der Waals surface area contributed by atoms with Gasteiger partial charge < -0.3 is 15.3 Å². The van der Waals surface area contributed by atoms with Gasteiger partial charge in [0.1, 0.15) is 0 Å². The van der Waals surface area contributed by atoms with Crippen LogP contribution in [0.4, 0.5) is 0 Å². The van der Waals surface area contributed by atoms with Crippen molar-refractivity contribution in [3.8, 4) is 0 Å². The van der Waals surface area contributed by atoms with Crippen LogP contribution in [-0.2, 0) is 0 Å². The van der Waals surface area contributed by atoms with Gasteiger partial charge in [0.05, 0.1) is 18.3 Å². The van der Waals surface area contributed by atoms with Crippen LogP contribution in [0.2, 0.25) is 0 Å².